The van der Waals surface area contributed by atoms with Crippen molar-refractivity contribution < 1.29 is 9.53 Å². The van der Waals surface area contributed by atoms with Crippen molar-refractivity contribution in [2.24, 2.45) is 0 Å². The maximum Gasteiger partial charge on any atom is 0.337 e. The number of imidazole rings is 1. The average molecular weight is 449 g/mol. The Balaban J connectivity index is 1.71. The second-order valence-corrected chi connectivity index (χ2v) is 8.85. The van der Waals surface area contributed by atoms with E-state index in [0.717, 1.165) is 33.8 Å². The van der Waals surface area contributed by atoms with Crippen molar-refractivity contribution >= 4 is 27.5 Å². The van der Waals surface area contributed by atoms with Crippen LogP contribution in [0.3, 0.4) is 0 Å². The Hall–Kier alpha value is -3.03. The van der Waals surface area contributed by atoms with Crippen LogP contribution in [0.1, 0.15) is 42.2 Å². The lowest BCUT2D eigenvalue weighted by Crippen LogP contribution is -2.39. The Morgan fingerprint density at radius 2 is 1.97 bits per heavy atom. The first-order valence-corrected chi connectivity index (χ1v) is 11.6. The van der Waals surface area contributed by atoms with Gasteiger partial charge in [0, 0.05) is 24.0 Å². The SMILES string of the molecule is CCC(C(c1ccc2nc(-c3ccc(C(=O)OC)cc3)sc2c1)n1ccnc1)N(C)CC. The maximum absolute atomic E-state index is 11.7. The molecular weight excluding hydrogens is 420 g/mol. The van der Waals surface area contributed by atoms with Gasteiger partial charge in [-0.2, -0.15) is 0 Å². The number of esters is 1. The number of methoxy groups -OCH3 is 1. The van der Waals surface area contributed by atoms with Crippen LogP contribution in [-0.2, 0) is 4.74 Å². The summed E-state index contributed by atoms with van der Waals surface area (Å²) in [6.07, 6.45) is 6.82. The fourth-order valence-electron chi connectivity index (χ4n) is 4.15. The van der Waals surface area contributed by atoms with Gasteiger partial charge in [0.15, 0.2) is 0 Å². The van der Waals surface area contributed by atoms with Gasteiger partial charge in [-0.3, -0.25) is 0 Å². The van der Waals surface area contributed by atoms with Crippen LogP contribution >= 0.6 is 11.3 Å². The van der Waals surface area contributed by atoms with Gasteiger partial charge in [-0.1, -0.05) is 32.0 Å². The first kappa shape index (κ1) is 22.2. The van der Waals surface area contributed by atoms with Gasteiger partial charge in [0.1, 0.15) is 5.01 Å². The van der Waals surface area contributed by atoms with Crippen LogP contribution in [0.15, 0.2) is 61.2 Å². The van der Waals surface area contributed by atoms with E-state index in [-0.39, 0.29) is 12.0 Å². The molecule has 0 N–H and O–H groups in total. The third-order valence-electron chi connectivity index (χ3n) is 6.00. The first-order chi connectivity index (χ1) is 15.5. The lowest BCUT2D eigenvalue weighted by molar-refractivity contribution is 0.0601. The van der Waals surface area contributed by atoms with Gasteiger partial charge in [-0.15, -0.1) is 11.3 Å². The fourth-order valence-corrected chi connectivity index (χ4v) is 5.17. The summed E-state index contributed by atoms with van der Waals surface area (Å²) < 4.78 is 8.14. The molecule has 32 heavy (non-hydrogen) atoms. The molecule has 0 bridgehead atoms. The molecule has 2 heterocycles. The van der Waals surface area contributed by atoms with Gasteiger partial charge < -0.3 is 14.2 Å². The Labute approximate surface area is 192 Å². The molecule has 2 aromatic carbocycles. The Kier molecular flexibility index (Phi) is 6.67. The van der Waals surface area contributed by atoms with Crippen LogP contribution in [0, 0.1) is 0 Å². The summed E-state index contributed by atoms with van der Waals surface area (Å²) in [7, 11) is 3.57. The lowest BCUT2D eigenvalue weighted by atomic mass is 9.95. The molecule has 6 nitrogen and oxygen atoms in total. The Bertz CT molecular complexity index is 1180. The molecular formula is C25H28N4O2S. The number of likely N-dealkylation sites (N-methyl/N-ethyl adjacent to an activating group) is 1. The third kappa shape index (κ3) is 4.31. The quantitative estimate of drug-likeness (QED) is 0.344. The normalized spacial score (nSPS) is 13.4. The van der Waals surface area contributed by atoms with Crippen LogP contribution in [0.5, 0.6) is 0 Å². The molecule has 0 saturated carbocycles. The summed E-state index contributed by atoms with van der Waals surface area (Å²) in [5, 5.41) is 0.936. The van der Waals surface area contributed by atoms with Crippen molar-refractivity contribution in [2.45, 2.75) is 32.4 Å². The summed E-state index contributed by atoms with van der Waals surface area (Å²) in [6.45, 7) is 5.41. The number of aromatic nitrogens is 3. The highest BCUT2D eigenvalue weighted by atomic mass is 32.1. The molecule has 166 valence electrons. The highest BCUT2D eigenvalue weighted by Gasteiger charge is 2.26. The molecule has 0 saturated heterocycles. The molecule has 2 unspecified atom stereocenters. The van der Waals surface area contributed by atoms with Crippen LogP contribution in [-0.4, -0.2) is 52.1 Å². The number of nitrogens with zero attached hydrogens (tertiary/aromatic N) is 4. The predicted molar refractivity (Wildman–Crippen MR) is 129 cm³/mol. The van der Waals surface area contributed by atoms with Gasteiger partial charge in [0.2, 0.25) is 0 Å². The van der Waals surface area contributed by atoms with E-state index in [1.54, 1.807) is 23.5 Å². The number of carbonyl (C=O) groups is 1. The van der Waals surface area contributed by atoms with Gasteiger partial charge >= 0.3 is 5.97 Å². The second kappa shape index (κ2) is 9.63. The summed E-state index contributed by atoms with van der Waals surface area (Å²) in [5.41, 5.74) is 3.75. The lowest BCUT2D eigenvalue weighted by Gasteiger charge is -2.34. The molecule has 0 radical (unpaired) electrons. The maximum atomic E-state index is 11.7. The predicted octanol–water partition coefficient (Wildman–Crippen LogP) is 5.27. The molecule has 0 aliphatic heterocycles. The number of thiazole rings is 1. The largest absolute Gasteiger partial charge is 0.465 e. The summed E-state index contributed by atoms with van der Waals surface area (Å²) in [5.74, 6) is -0.335. The van der Waals surface area contributed by atoms with Crippen molar-refractivity contribution in [3.05, 3.63) is 72.3 Å². The first-order valence-electron chi connectivity index (χ1n) is 10.8. The Morgan fingerprint density at radius 1 is 1.19 bits per heavy atom. The van der Waals surface area contributed by atoms with Crippen molar-refractivity contribution in [2.75, 3.05) is 20.7 Å². The zero-order chi connectivity index (χ0) is 22.7. The molecule has 7 heteroatoms. The van der Waals surface area contributed by atoms with E-state index in [4.69, 9.17) is 9.72 Å². The molecule has 0 amide bonds. The monoisotopic (exact) mass is 448 g/mol. The van der Waals surface area contributed by atoms with Gasteiger partial charge in [-0.25, -0.2) is 14.8 Å². The number of rotatable bonds is 8. The van der Waals surface area contributed by atoms with Crippen LogP contribution in [0.2, 0.25) is 0 Å². The van der Waals surface area contributed by atoms with Gasteiger partial charge in [-0.05, 0) is 49.8 Å². The number of fused-ring (bicyclic) bond motifs is 1. The van der Waals surface area contributed by atoms with Crippen LogP contribution in [0.4, 0.5) is 0 Å². The number of carbonyl (C=O) groups excluding carboxylic acids is 1. The fraction of sp³-hybridized carbons (Fsp3) is 0.320. The number of benzene rings is 2. The topological polar surface area (TPSA) is 60.2 Å². The molecule has 0 aliphatic carbocycles. The van der Waals surface area contributed by atoms with Gasteiger partial charge in [0.05, 0.1) is 35.3 Å². The zero-order valence-corrected chi connectivity index (χ0v) is 19.7. The standard InChI is InChI=1S/C25H28N4O2S/c1-5-21(28(3)6-2)23(29-14-13-26-16-29)19-11-12-20-22(15-19)32-24(27-20)17-7-9-18(10-8-17)25(30)31-4/h7-16,21,23H,5-6H2,1-4H3. The van der Waals surface area contributed by atoms with Crippen LogP contribution in [0.25, 0.3) is 20.8 Å². The minimum atomic E-state index is -0.335. The minimum absolute atomic E-state index is 0.168. The molecule has 0 spiro atoms. The summed E-state index contributed by atoms with van der Waals surface area (Å²) >= 11 is 1.67. The third-order valence-corrected chi connectivity index (χ3v) is 7.07. The zero-order valence-electron chi connectivity index (χ0n) is 18.9. The Morgan fingerprint density at radius 3 is 2.59 bits per heavy atom. The van der Waals surface area contributed by atoms with E-state index in [9.17, 15) is 4.79 Å². The number of hydrogen-bond donors (Lipinski definition) is 0. The molecule has 0 aliphatic rings. The van der Waals surface area contributed by atoms with E-state index in [0.29, 0.717) is 11.6 Å². The van der Waals surface area contributed by atoms with Gasteiger partial charge in [0.25, 0.3) is 0 Å². The average Bonchev–Trinajstić information content (AvgIpc) is 3.51. The molecule has 0 fully saturated rings. The van der Waals surface area contributed by atoms with E-state index in [2.05, 4.69) is 53.5 Å². The highest BCUT2D eigenvalue weighted by molar-refractivity contribution is 7.21. The van der Waals surface area contributed by atoms with Crippen molar-refractivity contribution in [3.8, 4) is 10.6 Å². The van der Waals surface area contributed by atoms with E-state index >= 15 is 0 Å². The summed E-state index contributed by atoms with van der Waals surface area (Å²) in [4.78, 5) is 23.2. The van der Waals surface area contributed by atoms with Crippen molar-refractivity contribution in [1.82, 2.24) is 19.4 Å². The number of hydrogen-bond acceptors (Lipinski definition) is 6. The van der Waals surface area contributed by atoms with E-state index in [1.807, 2.05) is 30.9 Å². The summed E-state index contributed by atoms with van der Waals surface area (Å²) in [6, 6.07) is 14.5. The van der Waals surface area contributed by atoms with Crippen LogP contribution < -0.4 is 0 Å². The molecule has 4 aromatic rings. The van der Waals surface area contributed by atoms with Crippen molar-refractivity contribution in [3.63, 3.8) is 0 Å². The number of ether oxygens (including phenoxy) is 1. The smallest absolute Gasteiger partial charge is 0.337 e. The molecule has 2 atom stereocenters. The highest BCUT2D eigenvalue weighted by Crippen LogP contribution is 2.34. The van der Waals surface area contributed by atoms with E-state index in [1.165, 1.54) is 12.7 Å². The molecule has 4 rings (SSSR count). The molecule has 2 aromatic heterocycles. The second-order valence-electron chi connectivity index (χ2n) is 7.82. The van der Waals surface area contributed by atoms with E-state index < -0.39 is 0 Å². The minimum Gasteiger partial charge on any atom is -0.465 e. The van der Waals surface area contributed by atoms with Crippen molar-refractivity contribution in [1.29, 1.82) is 0 Å².